The van der Waals surface area contributed by atoms with E-state index in [2.05, 4.69) is 64.7 Å². The number of ketones is 1. The highest BCUT2D eigenvalue weighted by Gasteiger charge is 2.06. The number of nitrogen functional groups attached to an aromatic ring is 1. The van der Waals surface area contributed by atoms with Crippen LogP contribution in [-0.2, 0) is 11.2 Å². The van der Waals surface area contributed by atoms with Crippen molar-refractivity contribution < 1.29 is 9.53 Å². The van der Waals surface area contributed by atoms with E-state index in [1.165, 1.54) is 0 Å². The molecule has 164 valence electrons. The predicted octanol–water partition coefficient (Wildman–Crippen LogP) is 6.15. The van der Waals surface area contributed by atoms with Crippen molar-refractivity contribution in [1.29, 1.82) is 0 Å². The first-order valence-electron chi connectivity index (χ1n) is 9.50. The Hall–Kier alpha value is -1.45. The molecule has 30 heavy (non-hydrogen) atoms. The summed E-state index contributed by atoms with van der Waals surface area (Å²) in [5.41, 5.74) is 8.53. The summed E-state index contributed by atoms with van der Waals surface area (Å²) in [5.74, 6) is 1.67. The van der Waals surface area contributed by atoms with Crippen molar-refractivity contribution in [2.75, 3.05) is 17.7 Å². The normalized spacial score (nSPS) is 9.97. The zero-order valence-electron chi connectivity index (χ0n) is 17.6. The Labute approximate surface area is 203 Å². The van der Waals surface area contributed by atoms with Gasteiger partial charge in [0.15, 0.2) is 0 Å². The van der Waals surface area contributed by atoms with Crippen molar-refractivity contribution in [2.45, 2.75) is 40.5 Å². The number of hydrogen-bond acceptors (Lipinski definition) is 5. The maximum absolute atomic E-state index is 10.1. The molecule has 3 aromatic rings. The molecule has 6 nitrogen and oxygen atoms in total. The third kappa shape index (κ3) is 8.73. The van der Waals surface area contributed by atoms with Gasteiger partial charge in [-0.3, -0.25) is 4.79 Å². The van der Waals surface area contributed by atoms with E-state index >= 15 is 0 Å². The molecule has 3 aromatic heterocycles. The second kappa shape index (κ2) is 13.8. The number of halogens is 3. The molecule has 0 atom stereocenters. The molecule has 3 heterocycles. The Morgan fingerprint density at radius 3 is 2.33 bits per heavy atom. The molecule has 0 unspecified atom stereocenters. The van der Waals surface area contributed by atoms with Gasteiger partial charge in [0.1, 0.15) is 23.0 Å². The standard InChI is InChI=1S/C11H13BrN2O.C6H7BrN2.C4H7BrO/c1-3-8-6-14-7-9(12)10(15-4-2)5-11(14)13-8;1-4-2-6(8)9-3-5(4)7;1-2-4(6)3-5/h5-7H,3-4H2,1-2H3;2-3H,1H3,(H2,8,9);2-3H2,1H3. The van der Waals surface area contributed by atoms with Crippen LogP contribution in [0, 0.1) is 6.92 Å². The van der Waals surface area contributed by atoms with Crippen LogP contribution in [0.3, 0.4) is 0 Å². The predicted molar refractivity (Wildman–Crippen MR) is 134 cm³/mol. The van der Waals surface area contributed by atoms with Crippen LogP contribution >= 0.6 is 47.8 Å². The van der Waals surface area contributed by atoms with Gasteiger partial charge in [0.05, 0.1) is 22.1 Å². The van der Waals surface area contributed by atoms with E-state index in [4.69, 9.17) is 10.5 Å². The number of anilines is 1. The highest BCUT2D eigenvalue weighted by atomic mass is 79.9. The lowest BCUT2D eigenvalue weighted by Crippen LogP contribution is -1.94. The molecule has 9 heteroatoms. The Balaban J connectivity index is 0.000000256. The van der Waals surface area contributed by atoms with Crippen molar-refractivity contribution in [2.24, 2.45) is 0 Å². The van der Waals surface area contributed by atoms with Gasteiger partial charge in [0.2, 0.25) is 0 Å². The number of pyridine rings is 2. The Kier molecular flexibility index (Phi) is 12.2. The molecule has 0 aliphatic rings. The molecule has 2 N–H and O–H groups in total. The molecule has 0 radical (unpaired) electrons. The van der Waals surface area contributed by atoms with Crippen molar-refractivity contribution in [3.05, 3.63) is 50.9 Å². The number of ether oxygens (including phenoxy) is 1. The van der Waals surface area contributed by atoms with Crippen LogP contribution in [-0.4, -0.2) is 32.1 Å². The van der Waals surface area contributed by atoms with Gasteiger partial charge in [-0.25, -0.2) is 9.97 Å². The molecule has 3 rings (SSSR count). The number of hydrogen-bond donors (Lipinski definition) is 1. The van der Waals surface area contributed by atoms with E-state index in [9.17, 15) is 4.79 Å². The lowest BCUT2D eigenvalue weighted by Gasteiger charge is -2.05. The average molecular weight is 607 g/mol. The third-order valence-corrected chi connectivity index (χ3v) is 5.88. The average Bonchev–Trinajstić information content (AvgIpc) is 3.13. The SMILES string of the molecule is CCC(=O)CBr.CCOc1cc2nc(CC)cn2cc1Br.Cc1cc(N)ncc1Br. The van der Waals surface area contributed by atoms with E-state index in [0.717, 1.165) is 38.0 Å². The highest BCUT2D eigenvalue weighted by molar-refractivity contribution is 9.11. The molecular weight excluding hydrogens is 580 g/mol. The smallest absolute Gasteiger partial charge is 0.143 e. The molecule has 0 amide bonds. The van der Waals surface area contributed by atoms with Crippen LogP contribution in [0.1, 0.15) is 38.4 Å². The fourth-order valence-electron chi connectivity index (χ4n) is 2.13. The van der Waals surface area contributed by atoms with Crippen LogP contribution in [0.2, 0.25) is 0 Å². The maximum atomic E-state index is 10.1. The van der Waals surface area contributed by atoms with Gasteiger partial charge in [0, 0.05) is 35.6 Å². The molecule has 0 fully saturated rings. The monoisotopic (exact) mass is 604 g/mol. The molecule has 0 saturated carbocycles. The van der Waals surface area contributed by atoms with Crippen molar-refractivity contribution in [1.82, 2.24) is 14.4 Å². The van der Waals surface area contributed by atoms with Crippen LogP contribution in [0.4, 0.5) is 5.82 Å². The van der Waals surface area contributed by atoms with E-state index in [1.807, 2.05) is 49.7 Å². The summed E-state index contributed by atoms with van der Waals surface area (Å²) in [6.45, 7) is 8.56. The molecule has 0 saturated heterocycles. The molecule has 0 aliphatic carbocycles. The number of aryl methyl sites for hydroxylation is 2. The first kappa shape index (κ1) is 26.6. The number of imidazole rings is 1. The second-order valence-electron chi connectivity index (χ2n) is 6.15. The number of Topliss-reactive ketones (excluding diaryl/α,β-unsaturated/α-hetero) is 1. The molecule has 0 aromatic carbocycles. The number of fused-ring (bicyclic) bond motifs is 1. The molecule has 0 spiro atoms. The van der Waals surface area contributed by atoms with Crippen molar-refractivity contribution in [3.8, 4) is 5.75 Å². The van der Waals surface area contributed by atoms with Gasteiger partial charge >= 0.3 is 0 Å². The number of carbonyl (C=O) groups excluding carboxylic acids is 1. The van der Waals surface area contributed by atoms with E-state index < -0.39 is 0 Å². The topological polar surface area (TPSA) is 82.5 Å². The van der Waals surface area contributed by atoms with Crippen molar-refractivity contribution in [3.63, 3.8) is 0 Å². The second-order valence-corrected chi connectivity index (χ2v) is 8.42. The van der Waals surface area contributed by atoms with Crippen LogP contribution in [0.15, 0.2) is 39.7 Å². The zero-order valence-corrected chi connectivity index (χ0v) is 22.3. The first-order chi connectivity index (χ1) is 14.2. The lowest BCUT2D eigenvalue weighted by molar-refractivity contribution is -0.116. The maximum Gasteiger partial charge on any atom is 0.143 e. The lowest BCUT2D eigenvalue weighted by atomic mass is 10.3. The fraction of sp³-hybridized carbons (Fsp3) is 0.381. The van der Waals surface area contributed by atoms with Crippen LogP contribution in [0.5, 0.6) is 5.75 Å². The summed E-state index contributed by atoms with van der Waals surface area (Å²) in [6, 6.07) is 3.77. The quantitative estimate of drug-likeness (QED) is 0.352. The minimum absolute atomic E-state index is 0.259. The minimum atomic E-state index is 0.259. The number of carbonyl (C=O) groups is 1. The number of alkyl halides is 1. The van der Waals surface area contributed by atoms with Gasteiger partial charge < -0.3 is 14.9 Å². The van der Waals surface area contributed by atoms with E-state index in [1.54, 1.807) is 6.20 Å². The Morgan fingerprint density at radius 1 is 1.17 bits per heavy atom. The number of nitrogens with two attached hydrogens (primary N) is 1. The highest BCUT2D eigenvalue weighted by Crippen LogP contribution is 2.26. The van der Waals surface area contributed by atoms with Gasteiger partial charge in [-0.1, -0.05) is 29.8 Å². The number of rotatable bonds is 5. The van der Waals surface area contributed by atoms with Gasteiger partial charge in [-0.2, -0.15) is 0 Å². The molecular formula is C21H27Br3N4O2. The summed E-state index contributed by atoms with van der Waals surface area (Å²) in [5, 5.41) is 0.503. The van der Waals surface area contributed by atoms with E-state index in [0.29, 0.717) is 24.2 Å². The largest absolute Gasteiger partial charge is 0.492 e. The minimum Gasteiger partial charge on any atom is -0.492 e. The van der Waals surface area contributed by atoms with Crippen LogP contribution in [0.25, 0.3) is 5.65 Å². The van der Waals surface area contributed by atoms with Crippen LogP contribution < -0.4 is 10.5 Å². The van der Waals surface area contributed by atoms with Gasteiger partial charge in [-0.15, -0.1) is 0 Å². The van der Waals surface area contributed by atoms with E-state index in [-0.39, 0.29) is 5.78 Å². The van der Waals surface area contributed by atoms with Crippen molar-refractivity contribution >= 4 is 65.0 Å². The molecule has 0 bridgehead atoms. The fourth-order valence-corrected chi connectivity index (χ4v) is 3.20. The number of nitrogens with zero attached hydrogens (tertiary/aromatic N) is 3. The first-order valence-corrected chi connectivity index (χ1v) is 12.2. The summed E-state index contributed by atoms with van der Waals surface area (Å²) < 4.78 is 9.45. The van der Waals surface area contributed by atoms with Gasteiger partial charge in [-0.05, 0) is 63.8 Å². The summed E-state index contributed by atoms with van der Waals surface area (Å²) >= 11 is 9.81. The summed E-state index contributed by atoms with van der Waals surface area (Å²) in [4.78, 5) is 18.5. The molecule has 0 aliphatic heterocycles. The Bertz CT molecular complexity index is 955. The number of aromatic nitrogens is 3. The Morgan fingerprint density at radius 2 is 1.87 bits per heavy atom. The third-order valence-electron chi connectivity index (χ3n) is 3.83. The zero-order chi connectivity index (χ0) is 22.7. The summed E-state index contributed by atoms with van der Waals surface area (Å²) in [7, 11) is 0. The van der Waals surface area contributed by atoms with Gasteiger partial charge in [0.25, 0.3) is 0 Å². The summed E-state index contributed by atoms with van der Waals surface area (Å²) in [6.07, 6.45) is 7.31.